The molecule has 1 aromatic rings. The van der Waals surface area contributed by atoms with E-state index in [9.17, 15) is 4.79 Å². The van der Waals surface area contributed by atoms with Crippen LogP contribution in [0.25, 0.3) is 0 Å². The molecule has 0 bridgehead atoms. The molecule has 0 amide bonds. The van der Waals surface area contributed by atoms with Gasteiger partial charge < -0.3 is 20.7 Å². The fourth-order valence-electron chi connectivity index (χ4n) is 0.992. The highest BCUT2D eigenvalue weighted by Crippen LogP contribution is 2.31. The van der Waals surface area contributed by atoms with Crippen molar-refractivity contribution in [2.45, 2.75) is 0 Å². The average molecular weight is 183 g/mol. The van der Waals surface area contributed by atoms with Gasteiger partial charge in [-0.25, -0.2) is 4.79 Å². The van der Waals surface area contributed by atoms with Gasteiger partial charge >= 0.3 is 5.97 Å². The third kappa shape index (κ3) is 1.48. The molecular weight excluding hydrogens is 174 g/mol. The van der Waals surface area contributed by atoms with E-state index in [0.29, 0.717) is 0 Å². The van der Waals surface area contributed by atoms with Crippen molar-refractivity contribution in [3.05, 3.63) is 17.7 Å². The molecule has 0 atom stereocenters. The van der Waals surface area contributed by atoms with E-state index in [0.717, 1.165) is 0 Å². The Kier molecular flexibility index (Phi) is 2.27. The summed E-state index contributed by atoms with van der Waals surface area (Å²) in [6.45, 7) is 0. The molecule has 70 valence electrons. The largest absolute Gasteiger partial charge is 0.507 e. The predicted octanol–water partition coefficient (Wildman–Crippen LogP) is 0.681. The summed E-state index contributed by atoms with van der Waals surface area (Å²) in [6, 6.07) is 2.62. The number of carboxylic acids is 1. The second-order valence-electron chi connectivity index (χ2n) is 2.38. The number of methoxy groups -OCH3 is 1. The normalized spacial score (nSPS) is 9.62. The number of carbonyl (C=O) groups is 1. The first-order valence-corrected chi connectivity index (χ1v) is 3.46. The first-order valence-electron chi connectivity index (χ1n) is 3.46. The Hall–Kier alpha value is -1.91. The predicted molar refractivity (Wildman–Crippen MR) is 46.0 cm³/mol. The number of anilines is 1. The van der Waals surface area contributed by atoms with Crippen molar-refractivity contribution in [1.29, 1.82) is 0 Å². The van der Waals surface area contributed by atoms with Crippen LogP contribution in [0, 0.1) is 0 Å². The van der Waals surface area contributed by atoms with E-state index < -0.39 is 5.97 Å². The maximum Gasteiger partial charge on any atom is 0.341 e. The van der Waals surface area contributed by atoms with Gasteiger partial charge in [-0.05, 0) is 12.1 Å². The SMILES string of the molecule is COc1ccc(O)c(C(=O)O)c1N. The van der Waals surface area contributed by atoms with Crippen LogP contribution in [0.3, 0.4) is 0 Å². The smallest absolute Gasteiger partial charge is 0.341 e. The molecular formula is C8H9NO4. The van der Waals surface area contributed by atoms with Gasteiger partial charge in [-0.15, -0.1) is 0 Å². The molecule has 0 aromatic heterocycles. The molecule has 0 heterocycles. The van der Waals surface area contributed by atoms with E-state index in [1.165, 1.54) is 19.2 Å². The van der Waals surface area contributed by atoms with Crippen molar-refractivity contribution in [2.75, 3.05) is 12.8 Å². The third-order valence-corrected chi connectivity index (χ3v) is 1.62. The lowest BCUT2D eigenvalue weighted by atomic mass is 10.1. The van der Waals surface area contributed by atoms with Crippen molar-refractivity contribution >= 4 is 11.7 Å². The standard InChI is InChI=1S/C8H9NO4/c1-13-5-3-2-4(10)6(7(5)9)8(11)12/h2-3,10H,9H2,1H3,(H,11,12). The summed E-state index contributed by atoms with van der Waals surface area (Å²) in [5.41, 5.74) is 5.02. The molecule has 1 rings (SSSR count). The minimum absolute atomic E-state index is 0.0741. The molecule has 0 saturated carbocycles. The summed E-state index contributed by atoms with van der Waals surface area (Å²) >= 11 is 0. The molecule has 4 N–H and O–H groups in total. The van der Waals surface area contributed by atoms with Crippen molar-refractivity contribution in [2.24, 2.45) is 0 Å². The Morgan fingerprint density at radius 3 is 2.62 bits per heavy atom. The van der Waals surface area contributed by atoms with Crippen LogP contribution >= 0.6 is 0 Å². The number of carboxylic acid groups (broad SMARTS) is 1. The van der Waals surface area contributed by atoms with Gasteiger partial charge in [0.1, 0.15) is 17.1 Å². The van der Waals surface area contributed by atoms with Gasteiger partial charge in [0.2, 0.25) is 0 Å². The fraction of sp³-hybridized carbons (Fsp3) is 0.125. The van der Waals surface area contributed by atoms with E-state index in [4.69, 9.17) is 20.7 Å². The van der Waals surface area contributed by atoms with Gasteiger partial charge in [-0.2, -0.15) is 0 Å². The van der Waals surface area contributed by atoms with E-state index in [-0.39, 0.29) is 22.7 Å². The van der Waals surface area contributed by atoms with Gasteiger partial charge in [0, 0.05) is 0 Å². The number of aromatic carboxylic acids is 1. The van der Waals surface area contributed by atoms with Crippen molar-refractivity contribution < 1.29 is 19.7 Å². The molecule has 1 aromatic carbocycles. The summed E-state index contributed by atoms with van der Waals surface area (Å²) in [7, 11) is 1.37. The number of nitrogen functional groups attached to an aromatic ring is 1. The van der Waals surface area contributed by atoms with E-state index in [1.807, 2.05) is 0 Å². The Balaban J connectivity index is 3.38. The van der Waals surface area contributed by atoms with E-state index in [1.54, 1.807) is 0 Å². The topological polar surface area (TPSA) is 92.8 Å². The first-order chi connectivity index (χ1) is 6.07. The van der Waals surface area contributed by atoms with Crippen LogP contribution in [0.15, 0.2) is 12.1 Å². The van der Waals surface area contributed by atoms with Crippen LogP contribution in [0.2, 0.25) is 0 Å². The highest BCUT2D eigenvalue weighted by molar-refractivity contribution is 5.98. The molecule has 13 heavy (non-hydrogen) atoms. The monoisotopic (exact) mass is 183 g/mol. The van der Waals surface area contributed by atoms with Crippen LogP contribution in [0.4, 0.5) is 5.69 Å². The lowest BCUT2D eigenvalue weighted by Crippen LogP contribution is -2.04. The highest BCUT2D eigenvalue weighted by Gasteiger charge is 2.16. The Labute approximate surface area is 74.4 Å². The number of aromatic hydroxyl groups is 1. The minimum Gasteiger partial charge on any atom is -0.507 e. The van der Waals surface area contributed by atoms with Crippen molar-refractivity contribution in [3.63, 3.8) is 0 Å². The number of phenols is 1. The average Bonchev–Trinajstić information content (AvgIpc) is 2.04. The maximum absolute atomic E-state index is 10.6. The fourth-order valence-corrected chi connectivity index (χ4v) is 0.992. The number of hydrogen-bond donors (Lipinski definition) is 3. The second kappa shape index (κ2) is 3.22. The van der Waals surface area contributed by atoms with Crippen LogP contribution < -0.4 is 10.5 Å². The molecule has 0 aliphatic rings. The number of rotatable bonds is 2. The van der Waals surface area contributed by atoms with Gasteiger partial charge in [0.25, 0.3) is 0 Å². The number of benzene rings is 1. The zero-order valence-corrected chi connectivity index (χ0v) is 6.94. The molecule has 5 heteroatoms. The minimum atomic E-state index is -1.28. The Bertz CT molecular complexity index is 348. The van der Waals surface area contributed by atoms with Crippen LogP contribution in [-0.2, 0) is 0 Å². The number of hydrogen-bond acceptors (Lipinski definition) is 4. The van der Waals surface area contributed by atoms with Crippen molar-refractivity contribution in [3.8, 4) is 11.5 Å². The zero-order valence-electron chi connectivity index (χ0n) is 6.94. The van der Waals surface area contributed by atoms with E-state index in [2.05, 4.69) is 0 Å². The Morgan fingerprint density at radius 2 is 2.15 bits per heavy atom. The van der Waals surface area contributed by atoms with Crippen LogP contribution in [0.5, 0.6) is 11.5 Å². The third-order valence-electron chi connectivity index (χ3n) is 1.62. The van der Waals surface area contributed by atoms with Gasteiger partial charge in [0.15, 0.2) is 0 Å². The first kappa shape index (κ1) is 9.18. The molecule has 5 nitrogen and oxygen atoms in total. The van der Waals surface area contributed by atoms with Gasteiger partial charge in [-0.1, -0.05) is 0 Å². The molecule has 0 aliphatic heterocycles. The summed E-state index contributed by atoms with van der Waals surface area (Å²) in [5, 5.41) is 17.8. The quantitative estimate of drug-likeness (QED) is 0.586. The van der Waals surface area contributed by atoms with E-state index >= 15 is 0 Å². The molecule has 0 fully saturated rings. The molecule has 0 saturated heterocycles. The lowest BCUT2D eigenvalue weighted by Gasteiger charge is -2.07. The maximum atomic E-state index is 10.6. The molecule has 0 radical (unpaired) electrons. The molecule has 0 aliphatic carbocycles. The number of ether oxygens (including phenoxy) is 1. The summed E-state index contributed by atoms with van der Waals surface area (Å²) in [4.78, 5) is 10.6. The summed E-state index contributed by atoms with van der Waals surface area (Å²) in [5.74, 6) is -1.42. The van der Waals surface area contributed by atoms with Crippen molar-refractivity contribution in [1.82, 2.24) is 0 Å². The zero-order chi connectivity index (χ0) is 10.0. The van der Waals surface area contributed by atoms with Crippen LogP contribution in [0.1, 0.15) is 10.4 Å². The highest BCUT2D eigenvalue weighted by atomic mass is 16.5. The lowest BCUT2D eigenvalue weighted by molar-refractivity contribution is 0.0694. The van der Waals surface area contributed by atoms with Crippen LogP contribution in [-0.4, -0.2) is 23.3 Å². The Morgan fingerprint density at radius 1 is 1.54 bits per heavy atom. The molecule has 0 unspecified atom stereocenters. The molecule has 0 spiro atoms. The second-order valence-corrected chi connectivity index (χ2v) is 2.38. The number of nitrogens with two attached hydrogens (primary N) is 1. The summed E-state index contributed by atoms with van der Waals surface area (Å²) < 4.78 is 4.79. The van der Waals surface area contributed by atoms with Gasteiger partial charge in [-0.3, -0.25) is 0 Å². The van der Waals surface area contributed by atoms with Gasteiger partial charge in [0.05, 0.1) is 12.8 Å². The summed E-state index contributed by atoms with van der Waals surface area (Å²) in [6.07, 6.45) is 0.